The van der Waals surface area contributed by atoms with Crippen LogP contribution in [0.1, 0.15) is 39.4 Å². The van der Waals surface area contributed by atoms with Crippen LogP contribution in [-0.2, 0) is 5.41 Å². The van der Waals surface area contributed by atoms with Gasteiger partial charge in [-0.1, -0.05) is 20.8 Å². The molecule has 1 aromatic heterocycles. The van der Waals surface area contributed by atoms with E-state index >= 15 is 0 Å². The molecule has 2 radical (unpaired) electrons. The number of nitrogens with zero attached hydrogens (tertiary/aromatic N) is 4. The van der Waals surface area contributed by atoms with Crippen molar-refractivity contribution in [2.24, 2.45) is 0 Å². The third kappa shape index (κ3) is 3.47. The molecule has 1 saturated heterocycles. The van der Waals surface area contributed by atoms with Crippen LogP contribution >= 0.6 is 0 Å². The van der Waals surface area contributed by atoms with Crippen molar-refractivity contribution in [1.29, 1.82) is 0 Å². The van der Waals surface area contributed by atoms with E-state index in [1.54, 1.807) is 0 Å². The monoisotopic (exact) mass is 258 g/mol. The van der Waals surface area contributed by atoms with E-state index in [0.717, 1.165) is 37.6 Å². The molecule has 0 aliphatic carbocycles. The van der Waals surface area contributed by atoms with Gasteiger partial charge in [-0.15, -0.1) is 0 Å². The van der Waals surface area contributed by atoms with E-state index in [2.05, 4.69) is 30.7 Å². The highest BCUT2D eigenvalue weighted by atomic mass is 15.2. The summed E-state index contributed by atoms with van der Waals surface area (Å²) in [5.74, 6) is 1.95. The summed E-state index contributed by atoms with van der Waals surface area (Å²) in [6.45, 7) is 8.44. The zero-order valence-electron chi connectivity index (χ0n) is 12.4. The molecule has 1 aromatic rings. The third-order valence-corrected chi connectivity index (χ3v) is 3.68. The summed E-state index contributed by atoms with van der Waals surface area (Å²) in [5.41, 5.74) is -0.00813. The first-order chi connectivity index (χ1) is 8.88. The summed E-state index contributed by atoms with van der Waals surface area (Å²) in [7, 11) is 7.77. The van der Waals surface area contributed by atoms with Gasteiger partial charge in [-0.25, -0.2) is 9.97 Å². The lowest BCUT2D eigenvalue weighted by atomic mass is 9.96. The second kappa shape index (κ2) is 5.49. The average molecular weight is 258 g/mol. The van der Waals surface area contributed by atoms with Gasteiger partial charge in [0.15, 0.2) is 7.98 Å². The van der Waals surface area contributed by atoms with E-state index in [1.165, 1.54) is 0 Å². The zero-order chi connectivity index (χ0) is 14.0. The predicted octanol–water partition coefficient (Wildman–Crippen LogP) is 1.76. The maximum Gasteiger partial charge on any atom is 0.182 e. The molecule has 0 spiro atoms. The van der Waals surface area contributed by atoms with Crippen molar-refractivity contribution in [1.82, 2.24) is 14.8 Å². The van der Waals surface area contributed by atoms with Crippen molar-refractivity contribution in [3.05, 3.63) is 18.1 Å². The third-order valence-electron chi connectivity index (χ3n) is 3.68. The highest BCUT2D eigenvalue weighted by Gasteiger charge is 2.23. The van der Waals surface area contributed by atoms with Gasteiger partial charge in [0.2, 0.25) is 0 Å². The molecule has 0 atom stereocenters. The molecule has 0 amide bonds. The molecule has 0 saturated carbocycles. The van der Waals surface area contributed by atoms with Gasteiger partial charge in [-0.2, -0.15) is 0 Å². The van der Waals surface area contributed by atoms with Gasteiger partial charge in [0.05, 0.1) is 0 Å². The molecule has 0 N–H and O–H groups in total. The van der Waals surface area contributed by atoms with Crippen LogP contribution in [0.5, 0.6) is 0 Å². The number of hydrogen-bond acceptors (Lipinski definition) is 4. The maximum absolute atomic E-state index is 5.82. The van der Waals surface area contributed by atoms with E-state index in [0.29, 0.717) is 6.04 Å². The van der Waals surface area contributed by atoms with Crippen molar-refractivity contribution in [2.45, 2.75) is 45.1 Å². The Hall–Kier alpha value is -1.10. The first-order valence-electron chi connectivity index (χ1n) is 6.94. The minimum absolute atomic E-state index is 0.00813. The molecule has 102 valence electrons. The number of piperidine rings is 1. The summed E-state index contributed by atoms with van der Waals surface area (Å²) in [6, 6.07) is 2.49. The molecular weight excluding hydrogens is 235 g/mol. The summed E-state index contributed by atoms with van der Waals surface area (Å²) < 4.78 is 0. The van der Waals surface area contributed by atoms with Gasteiger partial charge < -0.3 is 9.71 Å². The Morgan fingerprint density at radius 1 is 1.32 bits per heavy atom. The molecule has 0 aromatic carbocycles. The second-order valence-electron chi connectivity index (χ2n) is 6.37. The van der Waals surface area contributed by atoms with Gasteiger partial charge in [-0.3, -0.25) is 0 Å². The molecule has 1 aliphatic rings. The van der Waals surface area contributed by atoms with Crippen LogP contribution in [0, 0.1) is 0 Å². The first kappa shape index (κ1) is 14.3. The largest absolute Gasteiger partial charge is 0.356 e. The topological polar surface area (TPSA) is 32.3 Å². The fourth-order valence-electron chi connectivity index (χ4n) is 2.39. The number of hydrogen-bond donors (Lipinski definition) is 0. The molecule has 0 unspecified atom stereocenters. The van der Waals surface area contributed by atoms with Crippen LogP contribution in [0.3, 0.4) is 0 Å². The minimum atomic E-state index is -0.00813. The van der Waals surface area contributed by atoms with Crippen molar-refractivity contribution < 1.29 is 0 Å². The molecule has 19 heavy (non-hydrogen) atoms. The Balaban J connectivity index is 2.08. The van der Waals surface area contributed by atoms with E-state index in [-0.39, 0.29) is 5.41 Å². The maximum atomic E-state index is 5.82. The van der Waals surface area contributed by atoms with Crippen molar-refractivity contribution in [3.63, 3.8) is 0 Å². The Bertz CT molecular complexity index is 420. The molecular formula is C14H23BN4. The number of anilines is 1. The van der Waals surface area contributed by atoms with Crippen LogP contribution in [0.4, 0.5) is 5.82 Å². The Morgan fingerprint density at radius 3 is 2.47 bits per heavy atom. The molecule has 2 heterocycles. The van der Waals surface area contributed by atoms with Crippen LogP contribution in [0.15, 0.2) is 12.3 Å². The molecule has 0 bridgehead atoms. The van der Waals surface area contributed by atoms with Crippen LogP contribution in [0.25, 0.3) is 0 Å². The average Bonchev–Trinajstić information content (AvgIpc) is 2.38. The van der Waals surface area contributed by atoms with Crippen molar-refractivity contribution >= 4 is 13.8 Å². The second-order valence-corrected chi connectivity index (χ2v) is 6.37. The summed E-state index contributed by atoms with van der Waals surface area (Å²) in [6.07, 6.45) is 4.04. The van der Waals surface area contributed by atoms with Gasteiger partial charge >= 0.3 is 0 Å². The standard InChI is InChI=1S/C14H23BN4/c1-14(2,3)13-16-8-5-12(17-13)19-9-6-11(7-10-19)18(4)15/h5,8,11H,6-7,9-10H2,1-4H3. The fraction of sp³-hybridized carbons (Fsp3) is 0.714. The van der Waals surface area contributed by atoms with E-state index < -0.39 is 0 Å². The van der Waals surface area contributed by atoms with Crippen LogP contribution < -0.4 is 4.90 Å². The quantitative estimate of drug-likeness (QED) is 0.757. The van der Waals surface area contributed by atoms with E-state index in [4.69, 9.17) is 13.0 Å². The molecule has 5 heteroatoms. The van der Waals surface area contributed by atoms with Gasteiger partial charge in [0.1, 0.15) is 11.6 Å². The zero-order valence-corrected chi connectivity index (χ0v) is 12.4. The molecule has 2 rings (SSSR count). The molecule has 1 fully saturated rings. The van der Waals surface area contributed by atoms with Crippen LogP contribution in [0.2, 0.25) is 0 Å². The van der Waals surface area contributed by atoms with Crippen molar-refractivity contribution in [3.8, 4) is 0 Å². The summed E-state index contributed by atoms with van der Waals surface area (Å²) in [4.78, 5) is 13.3. The lowest BCUT2D eigenvalue weighted by molar-refractivity contribution is 0.325. The first-order valence-corrected chi connectivity index (χ1v) is 6.94. The number of rotatable bonds is 2. The van der Waals surface area contributed by atoms with E-state index in [1.807, 2.05) is 24.1 Å². The predicted molar refractivity (Wildman–Crippen MR) is 79.5 cm³/mol. The minimum Gasteiger partial charge on any atom is -0.356 e. The summed E-state index contributed by atoms with van der Waals surface area (Å²) >= 11 is 0. The lowest BCUT2D eigenvalue weighted by Gasteiger charge is -2.36. The van der Waals surface area contributed by atoms with Gasteiger partial charge in [-0.05, 0) is 26.0 Å². The Kier molecular flexibility index (Phi) is 4.14. The highest BCUT2D eigenvalue weighted by Crippen LogP contribution is 2.23. The molecule has 1 aliphatic heterocycles. The normalized spacial score (nSPS) is 18.1. The molecule has 4 nitrogen and oxygen atoms in total. The lowest BCUT2D eigenvalue weighted by Crippen LogP contribution is -2.43. The van der Waals surface area contributed by atoms with Gasteiger partial charge in [0, 0.05) is 30.7 Å². The SMILES string of the molecule is [B]N(C)C1CCN(c2ccnc(C(C)(C)C)n2)CC1. The van der Waals surface area contributed by atoms with Gasteiger partial charge in [0.25, 0.3) is 0 Å². The van der Waals surface area contributed by atoms with Crippen LogP contribution in [-0.4, -0.2) is 48.9 Å². The van der Waals surface area contributed by atoms with Crippen molar-refractivity contribution in [2.75, 3.05) is 25.0 Å². The number of aromatic nitrogens is 2. The highest BCUT2D eigenvalue weighted by molar-refractivity contribution is 6.04. The smallest absolute Gasteiger partial charge is 0.182 e. The fourth-order valence-corrected chi connectivity index (χ4v) is 2.39. The Labute approximate surface area is 117 Å². The summed E-state index contributed by atoms with van der Waals surface area (Å²) in [5, 5.41) is 0. The Morgan fingerprint density at radius 2 is 1.95 bits per heavy atom. The van der Waals surface area contributed by atoms with E-state index in [9.17, 15) is 0 Å².